The molecular weight excluding hydrogens is 448 g/mol. The van der Waals surface area contributed by atoms with E-state index in [2.05, 4.69) is 33.9 Å². The lowest BCUT2D eigenvalue weighted by molar-refractivity contribution is -0.138. The van der Waals surface area contributed by atoms with Crippen LogP contribution in [0.15, 0.2) is 89.8 Å². The van der Waals surface area contributed by atoms with Gasteiger partial charge in [-0.2, -0.15) is 4.72 Å². The topological polar surface area (TPSA) is 86.7 Å². The minimum Gasteiger partial charge on any atom is -0.480 e. The average molecular weight is 479 g/mol. The van der Waals surface area contributed by atoms with Crippen LogP contribution in [0.3, 0.4) is 0 Å². The Morgan fingerprint density at radius 2 is 1.47 bits per heavy atom. The fourth-order valence-electron chi connectivity index (χ4n) is 4.46. The van der Waals surface area contributed by atoms with Gasteiger partial charge in [-0.05, 0) is 67.0 Å². The van der Waals surface area contributed by atoms with E-state index in [4.69, 9.17) is 0 Å². The fourth-order valence-corrected chi connectivity index (χ4v) is 5.67. The number of sulfonamides is 1. The molecule has 0 aromatic heterocycles. The molecule has 3 aromatic rings. The van der Waals surface area contributed by atoms with Gasteiger partial charge in [0, 0.05) is 18.8 Å². The molecule has 1 saturated heterocycles. The average Bonchev–Trinajstić information content (AvgIpc) is 2.86. The van der Waals surface area contributed by atoms with Crippen LogP contribution in [0.2, 0.25) is 0 Å². The van der Waals surface area contributed by atoms with Crippen molar-refractivity contribution in [2.75, 3.05) is 18.0 Å². The number of hydrogen-bond acceptors (Lipinski definition) is 4. The first-order valence-corrected chi connectivity index (χ1v) is 13.1. The van der Waals surface area contributed by atoms with Crippen LogP contribution in [0.5, 0.6) is 0 Å². The summed E-state index contributed by atoms with van der Waals surface area (Å²) < 4.78 is 27.4. The van der Waals surface area contributed by atoms with Crippen LogP contribution < -0.4 is 9.62 Å². The number of benzene rings is 3. The van der Waals surface area contributed by atoms with E-state index in [-0.39, 0.29) is 11.3 Å². The smallest absolute Gasteiger partial charge is 0.322 e. The van der Waals surface area contributed by atoms with Crippen molar-refractivity contribution >= 4 is 21.7 Å². The van der Waals surface area contributed by atoms with Gasteiger partial charge in [-0.1, -0.05) is 60.7 Å². The zero-order valence-electron chi connectivity index (χ0n) is 19.0. The second-order valence-corrected chi connectivity index (χ2v) is 10.5. The third-order valence-corrected chi connectivity index (χ3v) is 7.86. The maximum absolute atomic E-state index is 12.6. The summed E-state index contributed by atoms with van der Waals surface area (Å²) >= 11 is 0. The standard InChI is InChI=1S/C27H30N2O4S/c30-27(31)26(28-34(32,33)25-9-5-2-6-10-25)20-22-11-13-24(14-12-22)29-17-15-23(16-18-29)19-21-7-3-1-4-8-21/h1-14,23,26,28H,15-20H2,(H,30,31). The Labute approximate surface area is 201 Å². The molecule has 1 heterocycles. The lowest BCUT2D eigenvalue weighted by Crippen LogP contribution is -2.42. The van der Waals surface area contributed by atoms with Gasteiger partial charge in [-0.25, -0.2) is 8.42 Å². The van der Waals surface area contributed by atoms with E-state index in [9.17, 15) is 18.3 Å². The molecule has 0 saturated carbocycles. The highest BCUT2D eigenvalue weighted by Crippen LogP contribution is 2.26. The Morgan fingerprint density at radius 3 is 2.06 bits per heavy atom. The van der Waals surface area contributed by atoms with E-state index in [1.807, 2.05) is 30.3 Å². The second-order valence-electron chi connectivity index (χ2n) is 8.82. The van der Waals surface area contributed by atoms with Crippen molar-refractivity contribution in [3.63, 3.8) is 0 Å². The first-order chi connectivity index (χ1) is 16.4. The number of hydrogen-bond donors (Lipinski definition) is 2. The molecule has 2 N–H and O–H groups in total. The molecule has 4 rings (SSSR count). The number of piperidine rings is 1. The Bertz CT molecular complexity index is 1170. The van der Waals surface area contributed by atoms with Crippen LogP contribution in [0.25, 0.3) is 0 Å². The van der Waals surface area contributed by atoms with Crippen LogP contribution in [0.4, 0.5) is 5.69 Å². The lowest BCUT2D eigenvalue weighted by Gasteiger charge is -2.34. The van der Waals surface area contributed by atoms with E-state index in [1.165, 1.54) is 17.7 Å². The van der Waals surface area contributed by atoms with Gasteiger partial charge in [0.25, 0.3) is 0 Å². The highest BCUT2D eigenvalue weighted by Gasteiger charge is 2.26. The molecule has 1 aliphatic rings. The molecule has 1 fully saturated rings. The number of nitrogens with zero attached hydrogens (tertiary/aromatic N) is 1. The largest absolute Gasteiger partial charge is 0.480 e. The summed E-state index contributed by atoms with van der Waals surface area (Å²) in [7, 11) is -3.92. The van der Waals surface area contributed by atoms with Gasteiger partial charge in [0.2, 0.25) is 10.0 Å². The monoisotopic (exact) mass is 478 g/mol. The minimum absolute atomic E-state index is 0.0484. The maximum Gasteiger partial charge on any atom is 0.322 e. The Morgan fingerprint density at radius 1 is 0.882 bits per heavy atom. The summed E-state index contributed by atoms with van der Waals surface area (Å²) in [5, 5.41) is 9.60. The van der Waals surface area contributed by atoms with Crippen LogP contribution in [0, 0.1) is 5.92 Å². The summed E-state index contributed by atoms with van der Waals surface area (Å²) in [5.41, 5.74) is 3.27. The number of nitrogens with one attached hydrogen (secondary N) is 1. The summed E-state index contributed by atoms with van der Waals surface area (Å²) in [6.07, 6.45) is 3.46. The molecule has 1 atom stereocenters. The number of carboxylic acids is 1. The molecule has 6 nitrogen and oxygen atoms in total. The number of carbonyl (C=O) groups is 1. The predicted octanol–water partition coefficient (Wildman–Crippen LogP) is 4.12. The first-order valence-electron chi connectivity index (χ1n) is 11.6. The molecule has 0 amide bonds. The number of aliphatic carboxylic acids is 1. The van der Waals surface area contributed by atoms with Crippen LogP contribution in [-0.4, -0.2) is 38.6 Å². The Hall–Kier alpha value is -3.16. The number of rotatable bonds is 9. The number of anilines is 1. The van der Waals surface area contributed by atoms with Crippen molar-refractivity contribution in [2.45, 2.75) is 36.6 Å². The van der Waals surface area contributed by atoms with E-state index < -0.39 is 22.0 Å². The van der Waals surface area contributed by atoms with Crippen LogP contribution in [0.1, 0.15) is 24.0 Å². The van der Waals surface area contributed by atoms with Crippen molar-refractivity contribution in [3.05, 3.63) is 96.1 Å². The Balaban J connectivity index is 1.34. The number of carboxylic acid groups (broad SMARTS) is 1. The van der Waals surface area contributed by atoms with Gasteiger partial charge >= 0.3 is 5.97 Å². The maximum atomic E-state index is 12.6. The zero-order valence-corrected chi connectivity index (χ0v) is 19.8. The third kappa shape index (κ3) is 6.24. The van der Waals surface area contributed by atoms with Crippen LogP contribution in [-0.2, 0) is 27.7 Å². The van der Waals surface area contributed by atoms with Crippen molar-refractivity contribution in [2.24, 2.45) is 5.92 Å². The molecule has 0 spiro atoms. The van der Waals surface area contributed by atoms with E-state index in [0.29, 0.717) is 5.92 Å². The molecule has 7 heteroatoms. The summed E-state index contributed by atoms with van der Waals surface area (Å²) in [5.74, 6) is -0.518. The van der Waals surface area contributed by atoms with E-state index in [0.717, 1.165) is 43.6 Å². The van der Waals surface area contributed by atoms with Gasteiger partial charge in [-0.15, -0.1) is 0 Å². The van der Waals surface area contributed by atoms with Crippen LogP contribution >= 0.6 is 0 Å². The molecule has 34 heavy (non-hydrogen) atoms. The highest BCUT2D eigenvalue weighted by molar-refractivity contribution is 7.89. The molecule has 178 valence electrons. The van der Waals surface area contributed by atoms with Gasteiger partial charge in [0.1, 0.15) is 6.04 Å². The normalized spacial score (nSPS) is 15.7. The molecule has 0 radical (unpaired) electrons. The molecule has 1 aliphatic heterocycles. The predicted molar refractivity (Wildman–Crippen MR) is 133 cm³/mol. The van der Waals surface area contributed by atoms with Crippen molar-refractivity contribution in [1.29, 1.82) is 0 Å². The quantitative estimate of drug-likeness (QED) is 0.483. The fraction of sp³-hybridized carbons (Fsp3) is 0.296. The third-order valence-electron chi connectivity index (χ3n) is 6.37. The molecular formula is C27H30N2O4S. The van der Waals surface area contributed by atoms with E-state index in [1.54, 1.807) is 18.2 Å². The first kappa shape index (κ1) is 24.0. The van der Waals surface area contributed by atoms with Gasteiger partial charge < -0.3 is 10.0 Å². The molecule has 3 aromatic carbocycles. The van der Waals surface area contributed by atoms with Crippen molar-refractivity contribution in [3.8, 4) is 0 Å². The zero-order chi connectivity index (χ0) is 24.0. The van der Waals surface area contributed by atoms with Crippen molar-refractivity contribution in [1.82, 2.24) is 4.72 Å². The summed E-state index contributed by atoms with van der Waals surface area (Å²) in [4.78, 5) is 14.2. The molecule has 0 bridgehead atoms. The minimum atomic E-state index is -3.92. The SMILES string of the molecule is O=C(O)C(Cc1ccc(N2CCC(Cc3ccccc3)CC2)cc1)NS(=O)(=O)c1ccccc1. The summed E-state index contributed by atoms with van der Waals surface area (Å²) in [6, 6.07) is 24.9. The molecule has 0 aliphatic carbocycles. The second kappa shape index (κ2) is 10.8. The Kier molecular flexibility index (Phi) is 7.65. The summed E-state index contributed by atoms with van der Waals surface area (Å²) in [6.45, 7) is 1.98. The van der Waals surface area contributed by atoms with E-state index >= 15 is 0 Å². The highest BCUT2D eigenvalue weighted by atomic mass is 32.2. The lowest BCUT2D eigenvalue weighted by atomic mass is 9.90. The van der Waals surface area contributed by atoms with Crippen molar-refractivity contribution < 1.29 is 18.3 Å². The van der Waals surface area contributed by atoms with Gasteiger partial charge in [0.15, 0.2) is 0 Å². The van der Waals surface area contributed by atoms with Gasteiger partial charge in [-0.3, -0.25) is 4.79 Å². The van der Waals surface area contributed by atoms with Gasteiger partial charge in [0.05, 0.1) is 4.90 Å². The molecule has 1 unspecified atom stereocenters.